The van der Waals surface area contributed by atoms with Gasteiger partial charge in [-0.2, -0.15) is 0 Å². The third-order valence-electron chi connectivity index (χ3n) is 2.81. The molecule has 0 amide bonds. The molecule has 5 heteroatoms. The second-order valence-corrected chi connectivity index (χ2v) is 6.00. The van der Waals surface area contributed by atoms with Gasteiger partial charge in [-0.25, -0.2) is 0 Å². The summed E-state index contributed by atoms with van der Waals surface area (Å²) < 4.78 is 7.30. The number of rotatable bonds is 4. The van der Waals surface area contributed by atoms with E-state index in [4.69, 9.17) is 10.5 Å². The highest BCUT2D eigenvalue weighted by atomic mass is 79.9. The minimum absolute atomic E-state index is 0.142. The summed E-state index contributed by atoms with van der Waals surface area (Å²) in [5.74, 6) is 0.791. The maximum atomic E-state index is 6.24. The molecular formula is C14H14Br2N2O. The maximum absolute atomic E-state index is 6.24. The van der Waals surface area contributed by atoms with Crippen LogP contribution in [-0.4, -0.2) is 12.1 Å². The van der Waals surface area contributed by atoms with Gasteiger partial charge in [-0.15, -0.1) is 0 Å². The van der Waals surface area contributed by atoms with Crippen molar-refractivity contribution in [3.63, 3.8) is 0 Å². The van der Waals surface area contributed by atoms with E-state index in [1.165, 1.54) is 0 Å². The van der Waals surface area contributed by atoms with Crippen molar-refractivity contribution in [2.45, 2.75) is 12.5 Å². The predicted molar refractivity (Wildman–Crippen MR) is 83.3 cm³/mol. The Labute approximate surface area is 129 Å². The van der Waals surface area contributed by atoms with Gasteiger partial charge in [0.05, 0.1) is 7.11 Å². The number of methoxy groups -OCH3 is 1. The van der Waals surface area contributed by atoms with Crippen molar-refractivity contribution in [3.05, 3.63) is 56.7 Å². The zero-order valence-electron chi connectivity index (χ0n) is 10.4. The molecule has 0 spiro atoms. The van der Waals surface area contributed by atoms with Crippen molar-refractivity contribution >= 4 is 31.9 Å². The summed E-state index contributed by atoms with van der Waals surface area (Å²) in [5.41, 5.74) is 8.19. The lowest BCUT2D eigenvalue weighted by Gasteiger charge is -2.15. The average Bonchev–Trinajstić information content (AvgIpc) is 2.41. The number of hydrogen-bond donors (Lipinski definition) is 1. The number of hydrogen-bond acceptors (Lipinski definition) is 3. The van der Waals surface area contributed by atoms with Crippen molar-refractivity contribution in [1.82, 2.24) is 4.98 Å². The molecule has 100 valence electrons. The Morgan fingerprint density at radius 1 is 1.21 bits per heavy atom. The third kappa shape index (κ3) is 3.78. The van der Waals surface area contributed by atoms with E-state index < -0.39 is 0 Å². The predicted octanol–water partition coefficient (Wildman–Crippen LogP) is 3.86. The molecule has 0 bridgehead atoms. The molecule has 0 aliphatic heterocycles. The lowest BCUT2D eigenvalue weighted by atomic mass is 10.0. The largest absolute Gasteiger partial charge is 0.496 e. The fourth-order valence-electron chi connectivity index (χ4n) is 1.85. The first-order chi connectivity index (χ1) is 9.10. The molecule has 0 aliphatic carbocycles. The van der Waals surface area contributed by atoms with E-state index in [2.05, 4.69) is 36.8 Å². The monoisotopic (exact) mass is 384 g/mol. The highest BCUT2D eigenvalue weighted by Gasteiger charge is 2.13. The molecule has 1 unspecified atom stereocenters. The van der Waals surface area contributed by atoms with Crippen LogP contribution in [0.2, 0.25) is 0 Å². The first kappa shape index (κ1) is 14.5. The van der Waals surface area contributed by atoms with Gasteiger partial charge < -0.3 is 10.5 Å². The van der Waals surface area contributed by atoms with Gasteiger partial charge in [-0.05, 0) is 40.2 Å². The summed E-state index contributed by atoms with van der Waals surface area (Å²) in [6, 6.07) is 9.66. The highest BCUT2D eigenvalue weighted by Crippen LogP contribution is 2.29. The minimum atomic E-state index is -0.142. The molecule has 2 rings (SSSR count). The van der Waals surface area contributed by atoms with E-state index >= 15 is 0 Å². The third-order valence-corrected chi connectivity index (χ3v) is 3.78. The van der Waals surface area contributed by atoms with Crippen molar-refractivity contribution in [2.24, 2.45) is 5.73 Å². The van der Waals surface area contributed by atoms with Crippen LogP contribution in [0.15, 0.2) is 45.5 Å². The Kier molecular flexibility index (Phi) is 4.96. The number of benzene rings is 1. The minimum Gasteiger partial charge on any atom is -0.496 e. The van der Waals surface area contributed by atoms with Gasteiger partial charge in [0.1, 0.15) is 5.75 Å². The molecule has 1 atom stereocenters. The van der Waals surface area contributed by atoms with Crippen LogP contribution in [0.25, 0.3) is 0 Å². The summed E-state index contributed by atoms with van der Waals surface area (Å²) in [6.07, 6.45) is 2.45. The summed E-state index contributed by atoms with van der Waals surface area (Å²) in [6.45, 7) is 0. The number of ether oxygens (including phenoxy) is 1. The number of nitrogens with zero attached hydrogens (tertiary/aromatic N) is 1. The lowest BCUT2D eigenvalue weighted by Crippen LogP contribution is -2.15. The number of nitrogens with two attached hydrogens (primary N) is 1. The van der Waals surface area contributed by atoms with Crippen molar-refractivity contribution in [1.29, 1.82) is 0 Å². The Morgan fingerprint density at radius 2 is 1.95 bits per heavy atom. The second-order valence-electron chi connectivity index (χ2n) is 4.16. The highest BCUT2D eigenvalue weighted by molar-refractivity contribution is 9.10. The summed E-state index contributed by atoms with van der Waals surface area (Å²) in [7, 11) is 1.65. The first-order valence-corrected chi connectivity index (χ1v) is 7.38. The van der Waals surface area contributed by atoms with Gasteiger partial charge >= 0.3 is 0 Å². The SMILES string of the molecule is COc1cc(Br)ccc1C(N)Cc1ccc(Br)cn1. The van der Waals surface area contributed by atoms with Crippen LogP contribution >= 0.6 is 31.9 Å². The van der Waals surface area contributed by atoms with E-state index in [1.807, 2.05) is 30.3 Å². The van der Waals surface area contributed by atoms with Gasteiger partial charge in [-0.3, -0.25) is 4.98 Å². The number of aromatic nitrogens is 1. The van der Waals surface area contributed by atoms with Crippen LogP contribution in [0.4, 0.5) is 0 Å². The van der Waals surface area contributed by atoms with Gasteiger partial charge in [0.2, 0.25) is 0 Å². The van der Waals surface area contributed by atoms with Crippen LogP contribution in [-0.2, 0) is 6.42 Å². The molecule has 1 aromatic carbocycles. The molecule has 2 N–H and O–H groups in total. The summed E-state index contributed by atoms with van der Waals surface area (Å²) >= 11 is 6.79. The molecule has 1 aromatic heterocycles. The van der Waals surface area contributed by atoms with Crippen LogP contribution in [0, 0.1) is 0 Å². The smallest absolute Gasteiger partial charge is 0.124 e. The molecule has 3 nitrogen and oxygen atoms in total. The number of halogens is 2. The standard InChI is InChI=1S/C14H14Br2N2O/c1-19-14-6-9(15)3-5-12(14)13(17)7-11-4-2-10(16)8-18-11/h2-6,8,13H,7,17H2,1H3. The van der Waals surface area contributed by atoms with E-state index in [9.17, 15) is 0 Å². The van der Waals surface area contributed by atoms with Gasteiger partial charge in [0.25, 0.3) is 0 Å². The fourth-order valence-corrected chi connectivity index (χ4v) is 2.43. The topological polar surface area (TPSA) is 48.1 Å². The molecule has 0 saturated carbocycles. The molecule has 1 heterocycles. The van der Waals surface area contributed by atoms with E-state index in [-0.39, 0.29) is 6.04 Å². The Hall–Kier alpha value is -0.910. The maximum Gasteiger partial charge on any atom is 0.124 e. The molecular weight excluding hydrogens is 372 g/mol. The summed E-state index contributed by atoms with van der Waals surface area (Å²) in [4.78, 5) is 4.34. The van der Waals surface area contributed by atoms with Crippen LogP contribution < -0.4 is 10.5 Å². The van der Waals surface area contributed by atoms with E-state index in [1.54, 1.807) is 13.3 Å². The van der Waals surface area contributed by atoms with Gasteiger partial charge in [-0.1, -0.05) is 22.0 Å². The van der Waals surface area contributed by atoms with Crippen molar-refractivity contribution in [2.75, 3.05) is 7.11 Å². The molecule has 19 heavy (non-hydrogen) atoms. The van der Waals surface area contributed by atoms with Crippen LogP contribution in [0.5, 0.6) is 5.75 Å². The molecule has 0 aliphatic rings. The van der Waals surface area contributed by atoms with Crippen molar-refractivity contribution in [3.8, 4) is 5.75 Å². The lowest BCUT2D eigenvalue weighted by molar-refractivity contribution is 0.405. The average molecular weight is 386 g/mol. The van der Waals surface area contributed by atoms with Crippen molar-refractivity contribution < 1.29 is 4.74 Å². The zero-order chi connectivity index (χ0) is 13.8. The van der Waals surface area contributed by atoms with Gasteiger partial charge in [0.15, 0.2) is 0 Å². The van der Waals surface area contributed by atoms with Gasteiger partial charge in [0, 0.05) is 38.9 Å². The normalized spacial score (nSPS) is 12.2. The Balaban J connectivity index is 2.19. The summed E-state index contributed by atoms with van der Waals surface area (Å²) in [5, 5.41) is 0. The molecule has 2 aromatic rings. The van der Waals surface area contributed by atoms with E-state index in [0.29, 0.717) is 6.42 Å². The molecule has 0 fully saturated rings. The van der Waals surface area contributed by atoms with Crippen LogP contribution in [0.3, 0.4) is 0 Å². The Morgan fingerprint density at radius 3 is 2.58 bits per heavy atom. The van der Waals surface area contributed by atoms with Crippen LogP contribution in [0.1, 0.15) is 17.3 Å². The first-order valence-electron chi connectivity index (χ1n) is 5.79. The Bertz CT molecular complexity index is 558. The zero-order valence-corrected chi connectivity index (χ0v) is 13.6. The molecule has 0 saturated heterocycles. The second kappa shape index (κ2) is 6.50. The van der Waals surface area contributed by atoms with E-state index in [0.717, 1.165) is 26.0 Å². The number of pyridine rings is 1. The quantitative estimate of drug-likeness (QED) is 0.869. The molecule has 0 radical (unpaired) electrons. The fraction of sp³-hybridized carbons (Fsp3) is 0.214.